The van der Waals surface area contributed by atoms with E-state index in [2.05, 4.69) is 0 Å². The Morgan fingerprint density at radius 2 is 1.86 bits per heavy atom. The van der Waals surface area contributed by atoms with Crippen molar-refractivity contribution in [2.24, 2.45) is 5.92 Å². The quantitative estimate of drug-likeness (QED) is 0.640. The van der Waals surface area contributed by atoms with Crippen molar-refractivity contribution in [2.75, 3.05) is 6.61 Å². The minimum atomic E-state index is -0.279. The number of hydrogen-bond acceptors (Lipinski definition) is 3. The largest absolute Gasteiger partial charge is 0.370 e. The molecule has 78 valence electrons. The summed E-state index contributed by atoms with van der Waals surface area (Å²) >= 11 is 0. The van der Waals surface area contributed by atoms with Crippen LogP contribution in [-0.2, 0) is 14.3 Å². The Balaban J connectivity index is 1.78. The first-order chi connectivity index (χ1) is 6.77. The molecule has 1 aliphatic heterocycles. The summed E-state index contributed by atoms with van der Waals surface area (Å²) in [5.74, 6) is 0.316. The summed E-state index contributed by atoms with van der Waals surface area (Å²) < 4.78 is 5.25. The molecule has 0 aromatic heterocycles. The second-order valence-electron chi connectivity index (χ2n) is 4.24. The SMILES string of the molecule is O=C(CC(=O)C1CCCO1)C1CCC1. The van der Waals surface area contributed by atoms with Crippen molar-refractivity contribution >= 4 is 11.6 Å². The van der Waals surface area contributed by atoms with Gasteiger partial charge in [0.25, 0.3) is 0 Å². The number of ketones is 2. The van der Waals surface area contributed by atoms with Crippen molar-refractivity contribution in [1.29, 1.82) is 0 Å². The first kappa shape index (κ1) is 9.84. The number of carbonyl (C=O) groups is 2. The Kier molecular flexibility index (Phi) is 2.96. The average molecular weight is 196 g/mol. The molecular formula is C11H16O3. The van der Waals surface area contributed by atoms with Crippen molar-refractivity contribution in [3.8, 4) is 0 Å². The van der Waals surface area contributed by atoms with Gasteiger partial charge in [-0.2, -0.15) is 0 Å². The second kappa shape index (κ2) is 4.22. The van der Waals surface area contributed by atoms with E-state index >= 15 is 0 Å². The van der Waals surface area contributed by atoms with E-state index in [-0.39, 0.29) is 30.0 Å². The van der Waals surface area contributed by atoms with Gasteiger partial charge in [-0.25, -0.2) is 0 Å². The predicted molar refractivity (Wildman–Crippen MR) is 50.9 cm³/mol. The fraction of sp³-hybridized carbons (Fsp3) is 0.818. The highest BCUT2D eigenvalue weighted by Crippen LogP contribution is 2.28. The highest BCUT2D eigenvalue weighted by atomic mass is 16.5. The molecule has 0 bridgehead atoms. The standard InChI is InChI=1S/C11H16O3/c12-9(8-3-1-4-8)7-10(13)11-5-2-6-14-11/h8,11H,1-7H2. The highest BCUT2D eigenvalue weighted by Gasteiger charge is 2.30. The maximum absolute atomic E-state index is 11.6. The van der Waals surface area contributed by atoms with Crippen LogP contribution >= 0.6 is 0 Å². The third-order valence-corrected chi connectivity index (χ3v) is 3.20. The maximum Gasteiger partial charge on any atom is 0.168 e. The van der Waals surface area contributed by atoms with Crippen LogP contribution in [0.2, 0.25) is 0 Å². The molecule has 0 amide bonds. The summed E-state index contributed by atoms with van der Waals surface area (Å²) in [5.41, 5.74) is 0. The summed E-state index contributed by atoms with van der Waals surface area (Å²) in [5, 5.41) is 0. The molecule has 2 fully saturated rings. The molecule has 0 aromatic rings. The minimum absolute atomic E-state index is 0.000556. The van der Waals surface area contributed by atoms with Crippen LogP contribution in [0.15, 0.2) is 0 Å². The molecule has 1 saturated carbocycles. The van der Waals surface area contributed by atoms with Gasteiger partial charge in [-0.05, 0) is 25.7 Å². The van der Waals surface area contributed by atoms with E-state index in [1.165, 1.54) is 0 Å². The predicted octanol–water partition coefficient (Wildman–Crippen LogP) is 1.49. The van der Waals surface area contributed by atoms with Crippen molar-refractivity contribution in [3.63, 3.8) is 0 Å². The average Bonchev–Trinajstić information content (AvgIpc) is 2.51. The van der Waals surface area contributed by atoms with E-state index in [1.54, 1.807) is 0 Å². The summed E-state index contributed by atoms with van der Waals surface area (Å²) in [6.45, 7) is 0.675. The summed E-state index contributed by atoms with van der Waals surface area (Å²) in [7, 11) is 0. The van der Waals surface area contributed by atoms with Crippen LogP contribution in [0.5, 0.6) is 0 Å². The number of hydrogen-bond donors (Lipinski definition) is 0. The maximum atomic E-state index is 11.6. The lowest BCUT2D eigenvalue weighted by atomic mass is 9.80. The van der Waals surface area contributed by atoms with Gasteiger partial charge in [-0.3, -0.25) is 9.59 Å². The van der Waals surface area contributed by atoms with Gasteiger partial charge >= 0.3 is 0 Å². The molecule has 1 heterocycles. The van der Waals surface area contributed by atoms with Crippen molar-refractivity contribution in [3.05, 3.63) is 0 Å². The van der Waals surface area contributed by atoms with E-state index in [9.17, 15) is 9.59 Å². The van der Waals surface area contributed by atoms with Gasteiger partial charge in [0.05, 0.1) is 6.42 Å². The van der Waals surface area contributed by atoms with E-state index in [4.69, 9.17) is 4.74 Å². The Labute approximate surface area is 83.8 Å². The van der Waals surface area contributed by atoms with Crippen molar-refractivity contribution in [1.82, 2.24) is 0 Å². The van der Waals surface area contributed by atoms with Crippen LogP contribution < -0.4 is 0 Å². The normalized spacial score (nSPS) is 27.3. The van der Waals surface area contributed by atoms with Gasteiger partial charge in [0.1, 0.15) is 11.9 Å². The number of rotatable bonds is 4. The first-order valence-electron chi connectivity index (χ1n) is 5.44. The molecule has 2 aliphatic rings. The zero-order valence-corrected chi connectivity index (χ0v) is 8.33. The third-order valence-electron chi connectivity index (χ3n) is 3.20. The Morgan fingerprint density at radius 1 is 1.07 bits per heavy atom. The van der Waals surface area contributed by atoms with Gasteiger partial charge in [0.15, 0.2) is 5.78 Å². The zero-order valence-electron chi connectivity index (χ0n) is 8.33. The van der Waals surface area contributed by atoms with Gasteiger partial charge in [0.2, 0.25) is 0 Å². The molecule has 0 aromatic carbocycles. The molecule has 3 heteroatoms. The van der Waals surface area contributed by atoms with Crippen molar-refractivity contribution < 1.29 is 14.3 Å². The summed E-state index contributed by atoms with van der Waals surface area (Å²) in [6.07, 6.45) is 4.69. The molecule has 0 spiro atoms. The van der Waals surface area contributed by atoms with Crippen LogP contribution in [-0.4, -0.2) is 24.3 Å². The topological polar surface area (TPSA) is 43.4 Å². The molecule has 3 nitrogen and oxygen atoms in total. The summed E-state index contributed by atoms with van der Waals surface area (Å²) in [4.78, 5) is 23.1. The highest BCUT2D eigenvalue weighted by molar-refractivity contribution is 6.02. The van der Waals surface area contributed by atoms with Crippen LogP contribution in [0, 0.1) is 5.92 Å². The van der Waals surface area contributed by atoms with Crippen LogP contribution in [0.3, 0.4) is 0 Å². The molecule has 2 rings (SSSR count). The van der Waals surface area contributed by atoms with Gasteiger partial charge in [-0.1, -0.05) is 6.42 Å². The fourth-order valence-corrected chi connectivity index (χ4v) is 1.99. The lowest BCUT2D eigenvalue weighted by Crippen LogP contribution is -2.28. The zero-order chi connectivity index (χ0) is 9.97. The molecule has 1 atom stereocenters. The lowest BCUT2D eigenvalue weighted by molar-refractivity contribution is -0.135. The molecule has 1 aliphatic carbocycles. The molecule has 1 saturated heterocycles. The van der Waals surface area contributed by atoms with E-state index in [1.807, 2.05) is 0 Å². The minimum Gasteiger partial charge on any atom is -0.370 e. The molecule has 0 radical (unpaired) electrons. The molecular weight excluding hydrogens is 180 g/mol. The van der Waals surface area contributed by atoms with E-state index in [0.717, 1.165) is 32.1 Å². The van der Waals surface area contributed by atoms with Crippen LogP contribution in [0.25, 0.3) is 0 Å². The van der Waals surface area contributed by atoms with Gasteiger partial charge in [-0.15, -0.1) is 0 Å². The lowest BCUT2D eigenvalue weighted by Gasteiger charge is -2.23. The summed E-state index contributed by atoms with van der Waals surface area (Å²) in [6, 6.07) is 0. The molecule has 0 N–H and O–H groups in total. The number of ether oxygens (including phenoxy) is 1. The molecule has 14 heavy (non-hydrogen) atoms. The Morgan fingerprint density at radius 3 is 2.36 bits per heavy atom. The third kappa shape index (κ3) is 2.03. The van der Waals surface area contributed by atoms with E-state index in [0.29, 0.717) is 6.61 Å². The monoisotopic (exact) mass is 196 g/mol. The van der Waals surface area contributed by atoms with Crippen LogP contribution in [0.1, 0.15) is 38.5 Å². The van der Waals surface area contributed by atoms with Gasteiger partial charge in [0, 0.05) is 12.5 Å². The van der Waals surface area contributed by atoms with Gasteiger partial charge < -0.3 is 4.74 Å². The smallest absolute Gasteiger partial charge is 0.168 e. The Hall–Kier alpha value is -0.700. The fourth-order valence-electron chi connectivity index (χ4n) is 1.99. The second-order valence-corrected chi connectivity index (χ2v) is 4.24. The number of carbonyl (C=O) groups excluding carboxylic acids is 2. The van der Waals surface area contributed by atoms with E-state index < -0.39 is 0 Å². The Bertz CT molecular complexity index is 237. The number of Topliss-reactive ketones (excluding diaryl/α,β-unsaturated/α-hetero) is 2. The van der Waals surface area contributed by atoms with Crippen LogP contribution in [0.4, 0.5) is 0 Å². The van der Waals surface area contributed by atoms with Crippen molar-refractivity contribution in [2.45, 2.75) is 44.6 Å². The first-order valence-corrected chi connectivity index (χ1v) is 5.44. The molecule has 1 unspecified atom stereocenters.